The number of amides is 1. The van der Waals surface area contributed by atoms with Gasteiger partial charge in [0.1, 0.15) is 11.5 Å². The molecule has 218 valence electrons. The number of hydrogen-bond acceptors (Lipinski definition) is 5. The molecule has 4 aromatic rings. The van der Waals surface area contributed by atoms with Crippen molar-refractivity contribution in [2.75, 3.05) is 26.7 Å². The lowest BCUT2D eigenvalue weighted by atomic mass is 9.94. The summed E-state index contributed by atoms with van der Waals surface area (Å²) in [6.07, 6.45) is -0.133. The van der Waals surface area contributed by atoms with E-state index < -0.39 is 0 Å². The molecule has 6 heteroatoms. The van der Waals surface area contributed by atoms with E-state index >= 15 is 0 Å². The summed E-state index contributed by atoms with van der Waals surface area (Å²) in [5.74, 6) is 1.58. The predicted molar refractivity (Wildman–Crippen MR) is 166 cm³/mol. The van der Waals surface area contributed by atoms with Crippen LogP contribution < -0.4 is 4.74 Å². The van der Waals surface area contributed by atoms with Gasteiger partial charge >= 0.3 is 0 Å². The van der Waals surface area contributed by atoms with E-state index in [0.717, 1.165) is 34.7 Å². The lowest BCUT2D eigenvalue weighted by Crippen LogP contribution is -2.47. The molecule has 0 unspecified atom stereocenters. The van der Waals surface area contributed by atoms with Crippen LogP contribution in [0.25, 0.3) is 11.1 Å². The number of para-hydroxylation sites is 1. The van der Waals surface area contributed by atoms with Gasteiger partial charge in [-0.05, 0) is 66.6 Å². The second-order valence-corrected chi connectivity index (χ2v) is 11.3. The van der Waals surface area contributed by atoms with Crippen molar-refractivity contribution in [3.8, 4) is 22.6 Å². The summed E-state index contributed by atoms with van der Waals surface area (Å²) < 4.78 is 12.6. The number of rotatable bonds is 8. The topological polar surface area (TPSA) is 62.2 Å². The number of benzene rings is 4. The van der Waals surface area contributed by atoms with Gasteiger partial charge in [-0.25, -0.2) is 0 Å². The minimum Gasteiger partial charge on any atom is -0.457 e. The number of hydrogen-bond donors (Lipinski definition) is 1. The Morgan fingerprint density at radius 3 is 2.21 bits per heavy atom. The van der Waals surface area contributed by atoms with E-state index in [-0.39, 0.29) is 30.6 Å². The van der Waals surface area contributed by atoms with Crippen molar-refractivity contribution in [2.45, 2.75) is 39.1 Å². The zero-order valence-electron chi connectivity index (χ0n) is 24.6. The van der Waals surface area contributed by atoms with Gasteiger partial charge in [0.25, 0.3) is 5.91 Å². The average Bonchev–Trinajstić information content (AvgIpc) is 3.03. The van der Waals surface area contributed by atoms with Crippen LogP contribution in [0.4, 0.5) is 0 Å². The number of ether oxygens (including phenoxy) is 2. The molecule has 6 nitrogen and oxygen atoms in total. The summed E-state index contributed by atoms with van der Waals surface area (Å²) in [6, 6.07) is 33.5. The maximum absolute atomic E-state index is 14.0. The minimum atomic E-state index is -0.320. The van der Waals surface area contributed by atoms with E-state index in [2.05, 4.69) is 43.1 Å². The minimum absolute atomic E-state index is 0.0319. The fourth-order valence-corrected chi connectivity index (χ4v) is 5.52. The molecular weight excluding hydrogens is 524 g/mol. The monoisotopic (exact) mass is 564 g/mol. The Labute approximate surface area is 249 Å². The number of carbonyl (C=O) groups excluding carboxylic acids is 1. The first kappa shape index (κ1) is 29.5. The molecule has 0 spiro atoms. The van der Waals surface area contributed by atoms with Gasteiger partial charge in [0.05, 0.1) is 25.4 Å². The van der Waals surface area contributed by atoms with E-state index in [1.807, 2.05) is 85.8 Å². The molecule has 1 aliphatic rings. The van der Waals surface area contributed by atoms with Crippen molar-refractivity contribution >= 4 is 5.91 Å². The number of nitrogens with zero attached hydrogens (tertiary/aromatic N) is 2. The summed E-state index contributed by atoms with van der Waals surface area (Å²) in [7, 11) is 2.10. The fraction of sp³-hybridized carbons (Fsp3) is 0.306. The molecular formula is C36H40N2O4. The molecule has 0 bridgehead atoms. The summed E-state index contributed by atoms with van der Waals surface area (Å²) in [5, 5.41) is 10.1. The standard InChI is InChI=1S/C36H40N2O4/c1-26-21-38(27(2)24-39)36(40)34-16-10-9-15-33(34)32-14-8-7-11-29(32)25-41-35(26)23-37(3)22-28-17-19-31(20-18-28)42-30-12-5-4-6-13-30/h4-20,26-27,35,39H,21-25H2,1-3H3/t26-,27+,35+/m0/s1. The predicted octanol–water partition coefficient (Wildman–Crippen LogP) is 6.64. The Kier molecular flexibility index (Phi) is 9.70. The van der Waals surface area contributed by atoms with Crippen molar-refractivity contribution in [1.82, 2.24) is 9.80 Å². The molecule has 0 fully saturated rings. The zero-order valence-corrected chi connectivity index (χ0v) is 24.6. The largest absolute Gasteiger partial charge is 0.457 e. The van der Waals surface area contributed by atoms with Crippen LogP contribution >= 0.6 is 0 Å². The third-order valence-corrected chi connectivity index (χ3v) is 7.94. The molecule has 5 rings (SSSR count). The first-order chi connectivity index (χ1) is 20.4. The van der Waals surface area contributed by atoms with Gasteiger partial charge in [0, 0.05) is 31.1 Å². The third-order valence-electron chi connectivity index (χ3n) is 7.94. The van der Waals surface area contributed by atoms with Crippen molar-refractivity contribution in [3.05, 3.63) is 120 Å². The van der Waals surface area contributed by atoms with Crippen LogP contribution in [0.3, 0.4) is 0 Å². The summed E-state index contributed by atoms with van der Waals surface area (Å²) in [5.41, 5.74) is 4.76. The quantitative estimate of drug-likeness (QED) is 0.260. The summed E-state index contributed by atoms with van der Waals surface area (Å²) in [4.78, 5) is 18.1. The molecule has 1 heterocycles. The Morgan fingerprint density at radius 2 is 1.50 bits per heavy atom. The Balaban J connectivity index is 1.35. The molecule has 3 atom stereocenters. The van der Waals surface area contributed by atoms with E-state index in [9.17, 15) is 9.90 Å². The van der Waals surface area contributed by atoms with E-state index in [1.54, 1.807) is 4.90 Å². The molecule has 0 aliphatic carbocycles. The van der Waals surface area contributed by atoms with Crippen LogP contribution in [0.1, 0.15) is 35.3 Å². The molecule has 4 aromatic carbocycles. The molecule has 1 amide bonds. The lowest BCUT2D eigenvalue weighted by Gasteiger charge is -2.35. The maximum Gasteiger partial charge on any atom is 0.254 e. The van der Waals surface area contributed by atoms with Gasteiger partial charge in [0.2, 0.25) is 0 Å². The molecule has 42 heavy (non-hydrogen) atoms. The molecule has 0 aromatic heterocycles. The number of fused-ring (bicyclic) bond motifs is 3. The van der Waals surface area contributed by atoms with Crippen molar-refractivity contribution in [3.63, 3.8) is 0 Å². The van der Waals surface area contributed by atoms with Crippen LogP contribution in [0.15, 0.2) is 103 Å². The fourth-order valence-electron chi connectivity index (χ4n) is 5.52. The van der Waals surface area contributed by atoms with Crippen molar-refractivity contribution in [1.29, 1.82) is 0 Å². The molecule has 0 radical (unpaired) electrons. The second kappa shape index (κ2) is 13.8. The number of aliphatic hydroxyl groups excluding tert-OH is 1. The molecule has 1 N–H and O–H groups in total. The van der Waals surface area contributed by atoms with E-state index in [4.69, 9.17) is 9.47 Å². The average molecular weight is 565 g/mol. The first-order valence-electron chi connectivity index (χ1n) is 14.6. The van der Waals surface area contributed by atoms with Crippen molar-refractivity contribution < 1.29 is 19.4 Å². The highest BCUT2D eigenvalue weighted by Gasteiger charge is 2.30. The summed E-state index contributed by atoms with van der Waals surface area (Å²) in [6.45, 7) is 6.29. The third kappa shape index (κ3) is 7.08. The number of aliphatic hydroxyl groups is 1. The highest BCUT2D eigenvalue weighted by molar-refractivity contribution is 6.01. The van der Waals surface area contributed by atoms with Gasteiger partial charge in [-0.15, -0.1) is 0 Å². The van der Waals surface area contributed by atoms with Gasteiger partial charge in [-0.1, -0.05) is 79.7 Å². The van der Waals surface area contributed by atoms with Gasteiger partial charge in [-0.2, -0.15) is 0 Å². The number of carbonyl (C=O) groups is 1. The van der Waals surface area contributed by atoms with Crippen LogP contribution in [-0.4, -0.2) is 59.7 Å². The van der Waals surface area contributed by atoms with Crippen LogP contribution in [-0.2, 0) is 17.9 Å². The smallest absolute Gasteiger partial charge is 0.254 e. The maximum atomic E-state index is 14.0. The van der Waals surface area contributed by atoms with E-state index in [1.165, 1.54) is 5.56 Å². The highest BCUT2D eigenvalue weighted by Crippen LogP contribution is 2.31. The van der Waals surface area contributed by atoms with E-state index in [0.29, 0.717) is 25.3 Å². The van der Waals surface area contributed by atoms with Crippen molar-refractivity contribution in [2.24, 2.45) is 5.92 Å². The summed E-state index contributed by atoms with van der Waals surface area (Å²) >= 11 is 0. The van der Waals surface area contributed by atoms with Gasteiger partial charge in [0.15, 0.2) is 0 Å². The Morgan fingerprint density at radius 1 is 0.881 bits per heavy atom. The molecule has 1 aliphatic heterocycles. The molecule has 0 saturated heterocycles. The first-order valence-corrected chi connectivity index (χ1v) is 14.6. The second-order valence-electron chi connectivity index (χ2n) is 11.3. The van der Waals surface area contributed by atoms with Gasteiger partial charge < -0.3 is 19.5 Å². The normalized spacial score (nSPS) is 18.1. The Bertz CT molecular complexity index is 1460. The highest BCUT2D eigenvalue weighted by atomic mass is 16.5. The Hall–Kier alpha value is -3.97. The zero-order chi connectivity index (χ0) is 29.5. The van der Waals surface area contributed by atoms with Gasteiger partial charge in [-0.3, -0.25) is 9.69 Å². The van der Waals surface area contributed by atoms with Crippen LogP contribution in [0, 0.1) is 5.92 Å². The lowest BCUT2D eigenvalue weighted by molar-refractivity contribution is -0.0241. The van der Waals surface area contributed by atoms with Crippen LogP contribution in [0.2, 0.25) is 0 Å². The van der Waals surface area contributed by atoms with Crippen LogP contribution in [0.5, 0.6) is 11.5 Å². The molecule has 0 saturated carbocycles. The SMILES string of the molecule is C[C@H](CO)N1C[C@H](C)[C@@H](CN(C)Cc2ccc(Oc3ccccc3)cc2)OCc2ccccc2-c2ccccc2C1=O. The number of likely N-dealkylation sites (N-methyl/N-ethyl adjacent to an activating group) is 1.